The van der Waals surface area contributed by atoms with Gasteiger partial charge in [-0.15, -0.1) is 5.10 Å². The molecule has 0 amide bonds. The Bertz CT molecular complexity index is 433. The number of carboxylic acids is 1. The number of aromatic nitrogens is 3. The van der Waals surface area contributed by atoms with Crippen LogP contribution in [0.3, 0.4) is 0 Å². The molecule has 0 atom stereocenters. The van der Waals surface area contributed by atoms with E-state index < -0.39 is 10.7 Å². The standard InChI is InChI=1S/C9H15N3O3S/c1-4-9(5-2,6(13)14)16-8-11-10-7(15)12(8)3/h4-5H2,1-3H3,(H,10,15)(H,13,14). The third kappa shape index (κ3) is 2.13. The quantitative estimate of drug-likeness (QED) is 0.751. The highest BCUT2D eigenvalue weighted by molar-refractivity contribution is 8.01. The van der Waals surface area contributed by atoms with Gasteiger partial charge in [-0.3, -0.25) is 9.36 Å². The Morgan fingerprint density at radius 2 is 2.12 bits per heavy atom. The minimum atomic E-state index is -0.917. The monoisotopic (exact) mass is 245 g/mol. The van der Waals surface area contributed by atoms with Crippen LogP contribution in [0, 0.1) is 0 Å². The van der Waals surface area contributed by atoms with Gasteiger partial charge in [-0.2, -0.15) is 0 Å². The molecule has 1 heterocycles. The molecule has 1 aromatic rings. The molecule has 90 valence electrons. The van der Waals surface area contributed by atoms with Crippen molar-refractivity contribution in [1.82, 2.24) is 14.8 Å². The van der Waals surface area contributed by atoms with E-state index in [1.807, 2.05) is 13.8 Å². The first-order valence-electron chi connectivity index (χ1n) is 5.00. The van der Waals surface area contributed by atoms with Crippen molar-refractivity contribution < 1.29 is 9.90 Å². The van der Waals surface area contributed by atoms with Gasteiger partial charge in [-0.05, 0) is 12.8 Å². The fraction of sp³-hybridized carbons (Fsp3) is 0.667. The molecule has 2 N–H and O–H groups in total. The third-order valence-electron chi connectivity index (χ3n) is 2.66. The second kappa shape index (κ2) is 4.73. The smallest absolute Gasteiger partial charge is 0.343 e. The van der Waals surface area contributed by atoms with E-state index in [1.54, 1.807) is 7.05 Å². The number of rotatable bonds is 5. The van der Waals surface area contributed by atoms with E-state index in [1.165, 1.54) is 4.57 Å². The number of nitrogens with one attached hydrogen (secondary N) is 1. The van der Waals surface area contributed by atoms with Gasteiger partial charge in [0, 0.05) is 7.05 Å². The Morgan fingerprint density at radius 1 is 1.56 bits per heavy atom. The van der Waals surface area contributed by atoms with Crippen molar-refractivity contribution in [2.45, 2.75) is 36.6 Å². The van der Waals surface area contributed by atoms with E-state index in [9.17, 15) is 14.7 Å². The van der Waals surface area contributed by atoms with Gasteiger partial charge in [0.25, 0.3) is 0 Å². The summed E-state index contributed by atoms with van der Waals surface area (Å²) in [5.74, 6) is -0.877. The van der Waals surface area contributed by atoms with Crippen LogP contribution in [0.1, 0.15) is 26.7 Å². The van der Waals surface area contributed by atoms with Crippen molar-refractivity contribution in [2.75, 3.05) is 0 Å². The Balaban J connectivity index is 3.05. The number of H-pyrrole nitrogens is 1. The van der Waals surface area contributed by atoms with E-state index in [-0.39, 0.29) is 5.69 Å². The van der Waals surface area contributed by atoms with Gasteiger partial charge in [-0.1, -0.05) is 25.6 Å². The zero-order valence-corrected chi connectivity index (χ0v) is 10.3. The van der Waals surface area contributed by atoms with Gasteiger partial charge in [-0.25, -0.2) is 9.89 Å². The molecule has 0 saturated heterocycles. The second-order valence-electron chi connectivity index (χ2n) is 3.48. The highest BCUT2D eigenvalue weighted by Gasteiger charge is 2.37. The lowest BCUT2D eigenvalue weighted by molar-refractivity contribution is -0.140. The highest BCUT2D eigenvalue weighted by Crippen LogP contribution is 2.36. The number of nitrogens with zero attached hydrogens (tertiary/aromatic N) is 2. The first-order chi connectivity index (χ1) is 7.46. The normalized spacial score (nSPS) is 11.7. The van der Waals surface area contributed by atoms with Gasteiger partial charge in [0.15, 0.2) is 5.16 Å². The molecule has 0 spiro atoms. The summed E-state index contributed by atoms with van der Waals surface area (Å²) in [4.78, 5) is 22.4. The zero-order chi connectivity index (χ0) is 12.3. The van der Waals surface area contributed by atoms with Gasteiger partial charge < -0.3 is 5.11 Å². The van der Waals surface area contributed by atoms with Crippen LogP contribution in [0.2, 0.25) is 0 Å². The molecule has 1 rings (SSSR count). The zero-order valence-electron chi connectivity index (χ0n) is 9.48. The summed E-state index contributed by atoms with van der Waals surface area (Å²) in [5, 5.41) is 15.7. The SMILES string of the molecule is CCC(CC)(Sc1n[nH]c(=O)n1C)C(=O)O. The maximum Gasteiger partial charge on any atom is 0.343 e. The Labute approximate surface area is 97.1 Å². The fourth-order valence-electron chi connectivity index (χ4n) is 1.34. The molecule has 0 bridgehead atoms. The Hall–Kier alpha value is -1.24. The molecule has 1 aromatic heterocycles. The van der Waals surface area contributed by atoms with Crippen molar-refractivity contribution >= 4 is 17.7 Å². The van der Waals surface area contributed by atoms with Crippen LogP contribution in [0.5, 0.6) is 0 Å². The van der Waals surface area contributed by atoms with Crippen LogP contribution >= 0.6 is 11.8 Å². The lowest BCUT2D eigenvalue weighted by Crippen LogP contribution is -2.34. The second-order valence-corrected chi connectivity index (χ2v) is 4.83. The number of carbonyl (C=O) groups is 1. The van der Waals surface area contributed by atoms with Crippen molar-refractivity contribution in [3.05, 3.63) is 10.5 Å². The minimum absolute atomic E-state index is 0.339. The van der Waals surface area contributed by atoms with Crippen molar-refractivity contribution in [1.29, 1.82) is 0 Å². The summed E-state index contributed by atoms with van der Waals surface area (Å²) < 4.78 is 0.396. The molecule has 0 saturated carbocycles. The van der Waals surface area contributed by atoms with Gasteiger partial charge in [0.05, 0.1) is 0 Å². The molecule has 0 aliphatic carbocycles. The number of aromatic amines is 1. The Morgan fingerprint density at radius 3 is 2.44 bits per heavy atom. The number of aliphatic carboxylic acids is 1. The summed E-state index contributed by atoms with van der Waals surface area (Å²) >= 11 is 1.11. The van der Waals surface area contributed by atoms with Crippen LogP contribution in [-0.4, -0.2) is 30.6 Å². The molecule has 0 radical (unpaired) electrons. The number of hydrogen-bond acceptors (Lipinski definition) is 4. The van der Waals surface area contributed by atoms with E-state index >= 15 is 0 Å². The summed E-state index contributed by atoms with van der Waals surface area (Å²) in [5.41, 5.74) is -0.339. The van der Waals surface area contributed by atoms with Gasteiger partial charge >= 0.3 is 11.7 Å². The van der Waals surface area contributed by atoms with Crippen LogP contribution in [0.15, 0.2) is 9.95 Å². The topological polar surface area (TPSA) is 88.0 Å². The molecule has 6 nitrogen and oxygen atoms in total. The van der Waals surface area contributed by atoms with Crippen molar-refractivity contribution in [3.8, 4) is 0 Å². The minimum Gasteiger partial charge on any atom is -0.480 e. The molecule has 16 heavy (non-hydrogen) atoms. The summed E-state index contributed by atoms with van der Waals surface area (Å²) in [6.07, 6.45) is 0.953. The molecule has 0 aromatic carbocycles. The molecule has 0 aliphatic rings. The van der Waals surface area contributed by atoms with Crippen LogP contribution in [0.25, 0.3) is 0 Å². The van der Waals surface area contributed by atoms with E-state index in [4.69, 9.17) is 0 Å². The van der Waals surface area contributed by atoms with Gasteiger partial charge in [0.2, 0.25) is 0 Å². The Kier molecular flexibility index (Phi) is 3.79. The van der Waals surface area contributed by atoms with E-state index in [0.29, 0.717) is 18.0 Å². The van der Waals surface area contributed by atoms with Gasteiger partial charge in [0.1, 0.15) is 4.75 Å². The van der Waals surface area contributed by atoms with E-state index in [2.05, 4.69) is 10.2 Å². The molecule has 0 fully saturated rings. The van der Waals surface area contributed by atoms with E-state index in [0.717, 1.165) is 11.8 Å². The largest absolute Gasteiger partial charge is 0.480 e. The molecular weight excluding hydrogens is 230 g/mol. The summed E-state index contributed by atoms with van der Waals surface area (Å²) in [6.45, 7) is 3.63. The maximum absolute atomic E-state index is 11.3. The number of carboxylic acid groups (broad SMARTS) is 1. The number of hydrogen-bond donors (Lipinski definition) is 2. The molecule has 0 unspecified atom stereocenters. The predicted molar refractivity (Wildman–Crippen MR) is 60.6 cm³/mol. The highest BCUT2D eigenvalue weighted by atomic mass is 32.2. The maximum atomic E-state index is 11.3. The number of thioether (sulfide) groups is 1. The first-order valence-corrected chi connectivity index (χ1v) is 5.82. The lowest BCUT2D eigenvalue weighted by atomic mass is 10.0. The predicted octanol–water partition coefficient (Wildman–Crippen LogP) is 0.844. The van der Waals surface area contributed by atoms with Crippen LogP contribution < -0.4 is 5.69 Å². The van der Waals surface area contributed by atoms with Crippen molar-refractivity contribution in [3.63, 3.8) is 0 Å². The summed E-state index contributed by atoms with van der Waals surface area (Å²) in [7, 11) is 1.56. The average Bonchev–Trinajstić information content (AvgIpc) is 2.57. The lowest BCUT2D eigenvalue weighted by Gasteiger charge is -2.24. The average molecular weight is 245 g/mol. The fourth-order valence-corrected chi connectivity index (χ4v) is 2.38. The summed E-state index contributed by atoms with van der Waals surface area (Å²) in [6, 6.07) is 0. The molecule has 7 heteroatoms. The first kappa shape index (κ1) is 12.8. The van der Waals surface area contributed by atoms with Crippen LogP contribution in [0.4, 0.5) is 0 Å². The molecular formula is C9H15N3O3S. The van der Waals surface area contributed by atoms with Crippen LogP contribution in [-0.2, 0) is 11.8 Å². The molecule has 0 aliphatic heterocycles. The van der Waals surface area contributed by atoms with Crippen molar-refractivity contribution in [2.24, 2.45) is 7.05 Å². The third-order valence-corrected chi connectivity index (χ3v) is 4.35.